The van der Waals surface area contributed by atoms with Gasteiger partial charge in [0.15, 0.2) is 0 Å². The molecule has 1 saturated heterocycles. The molecule has 1 aliphatic rings. The molecule has 0 bridgehead atoms. The maximum Gasteiger partial charge on any atom is 0.214 e. The van der Waals surface area contributed by atoms with E-state index in [2.05, 4.69) is 15.3 Å². The number of nitrogens with one attached hydrogen (secondary N) is 2. The van der Waals surface area contributed by atoms with E-state index in [0.29, 0.717) is 24.5 Å². The number of hydrogen-bond donors (Lipinski definition) is 2. The van der Waals surface area contributed by atoms with Crippen molar-refractivity contribution >= 4 is 38.3 Å². The van der Waals surface area contributed by atoms with Crippen LogP contribution in [0.15, 0.2) is 18.5 Å². The van der Waals surface area contributed by atoms with Crippen LogP contribution in [0.4, 0.5) is 5.69 Å². The molecule has 22 heavy (non-hydrogen) atoms. The zero-order chi connectivity index (χ0) is 15.7. The molecule has 1 fully saturated rings. The first-order valence-electron chi connectivity index (χ1n) is 7.37. The van der Waals surface area contributed by atoms with Crippen molar-refractivity contribution in [3.63, 3.8) is 0 Å². The van der Waals surface area contributed by atoms with E-state index in [-0.39, 0.29) is 11.8 Å². The molecule has 0 aliphatic carbocycles. The van der Waals surface area contributed by atoms with E-state index in [1.807, 2.05) is 19.2 Å². The van der Waals surface area contributed by atoms with Gasteiger partial charge in [-0.15, -0.1) is 0 Å². The Morgan fingerprint density at radius 1 is 1.55 bits per heavy atom. The predicted molar refractivity (Wildman–Crippen MR) is 88.8 cm³/mol. The maximum atomic E-state index is 12.1. The molecular weight excluding hydrogens is 324 g/mol. The molecule has 2 aromatic heterocycles. The molecule has 0 spiro atoms. The van der Waals surface area contributed by atoms with Crippen LogP contribution in [0.5, 0.6) is 0 Å². The van der Waals surface area contributed by atoms with Crippen LogP contribution in [0.2, 0.25) is 5.02 Å². The van der Waals surface area contributed by atoms with Crippen LogP contribution in [0.3, 0.4) is 0 Å². The third-order valence-corrected chi connectivity index (χ3v) is 6.22. The van der Waals surface area contributed by atoms with Gasteiger partial charge in [0.2, 0.25) is 10.0 Å². The van der Waals surface area contributed by atoms with E-state index in [1.54, 1.807) is 10.5 Å². The molecule has 6 nitrogen and oxygen atoms in total. The second kappa shape index (κ2) is 6.06. The Balaban J connectivity index is 1.77. The number of aromatic nitrogens is 2. The Morgan fingerprint density at radius 2 is 2.36 bits per heavy atom. The van der Waals surface area contributed by atoms with Crippen LogP contribution in [0.1, 0.15) is 19.8 Å². The highest BCUT2D eigenvalue weighted by atomic mass is 35.5. The summed E-state index contributed by atoms with van der Waals surface area (Å²) in [6.07, 6.45) is 4.82. The van der Waals surface area contributed by atoms with Gasteiger partial charge in [0, 0.05) is 30.7 Å². The number of sulfonamides is 1. The first-order chi connectivity index (χ1) is 10.5. The van der Waals surface area contributed by atoms with Crippen LogP contribution >= 0.6 is 11.6 Å². The van der Waals surface area contributed by atoms with Crippen molar-refractivity contribution in [2.45, 2.75) is 25.8 Å². The Bertz CT molecular complexity index is 774. The normalized spacial score (nSPS) is 19.8. The lowest BCUT2D eigenvalue weighted by Gasteiger charge is -2.18. The molecular formula is C14H19ClN4O2S. The molecule has 2 N–H and O–H groups in total. The Morgan fingerprint density at radius 3 is 3.14 bits per heavy atom. The zero-order valence-corrected chi connectivity index (χ0v) is 13.9. The number of nitrogens with zero attached hydrogens (tertiary/aromatic N) is 2. The number of fused-ring (bicyclic) bond motifs is 1. The molecule has 0 radical (unpaired) electrons. The second-order valence-corrected chi connectivity index (χ2v) is 8.02. The summed E-state index contributed by atoms with van der Waals surface area (Å²) in [6, 6.07) is 1.97. The van der Waals surface area contributed by atoms with Crippen LogP contribution in [0.25, 0.3) is 11.0 Å². The minimum atomic E-state index is -3.14. The van der Waals surface area contributed by atoms with Gasteiger partial charge in [0.25, 0.3) is 0 Å². The molecule has 3 heterocycles. The van der Waals surface area contributed by atoms with Gasteiger partial charge < -0.3 is 10.3 Å². The van der Waals surface area contributed by atoms with Crippen molar-refractivity contribution in [3.05, 3.63) is 23.5 Å². The highest BCUT2D eigenvalue weighted by Crippen LogP contribution is 2.31. The minimum Gasteiger partial charge on any atom is -0.379 e. The summed E-state index contributed by atoms with van der Waals surface area (Å²) in [5.41, 5.74) is 1.58. The lowest BCUT2D eigenvalue weighted by atomic mass is 10.2. The van der Waals surface area contributed by atoms with Crippen LogP contribution < -0.4 is 5.32 Å². The average molecular weight is 343 g/mol. The molecule has 0 aromatic carbocycles. The van der Waals surface area contributed by atoms with Gasteiger partial charge in [-0.1, -0.05) is 18.5 Å². The van der Waals surface area contributed by atoms with Crippen molar-refractivity contribution in [2.24, 2.45) is 0 Å². The van der Waals surface area contributed by atoms with E-state index >= 15 is 0 Å². The highest BCUT2D eigenvalue weighted by molar-refractivity contribution is 7.89. The standard InChI is InChI=1S/C14H19ClN4O2S/c1-2-7-22(20,21)19-6-4-10(9-19)18-13-11-3-5-16-14(11)17-8-12(13)15/h3,5,8,10H,2,4,6-7,9H2,1H3,(H2,16,17,18)/t10-/m0/s1. The topological polar surface area (TPSA) is 78.1 Å². The lowest BCUT2D eigenvalue weighted by Crippen LogP contribution is -2.33. The molecule has 0 amide bonds. The first-order valence-corrected chi connectivity index (χ1v) is 9.36. The number of aromatic amines is 1. The number of rotatable bonds is 5. The number of anilines is 1. The largest absolute Gasteiger partial charge is 0.379 e. The summed E-state index contributed by atoms with van der Waals surface area (Å²) in [6.45, 7) is 2.91. The number of pyridine rings is 1. The van der Waals surface area contributed by atoms with E-state index in [1.165, 1.54) is 0 Å². The zero-order valence-electron chi connectivity index (χ0n) is 12.3. The molecule has 0 saturated carbocycles. The van der Waals surface area contributed by atoms with Crippen LogP contribution in [-0.4, -0.2) is 47.6 Å². The maximum absolute atomic E-state index is 12.1. The second-order valence-electron chi connectivity index (χ2n) is 5.53. The van der Waals surface area contributed by atoms with Crippen molar-refractivity contribution in [3.8, 4) is 0 Å². The summed E-state index contributed by atoms with van der Waals surface area (Å²) in [5.74, 6) is 0.206. The molecule has 3 rings (SSSR count). The SMILES string of the molecule is CCCS(=O)(=O)N1CC[C@H](Nc2c(Cl)cnc3[nH]ccc23)C1. The predicted octanol–water partition coefficient (Wildman–Crippen LogP) is 2.44. The smallest absolute Gasteiger partial charge is 0.214 e. The van der Waals surface area contributed by atoms with Crippen molar-refractivity contribution in [1.82, 2.24) is 14.3 Å². The third kappa shape index (κ3) is 2.93. The van der Waals surface area contributed by atoms with Crippen molar-refractivity contribution in [1.29, 1.82) is 0 Å². The summed E-state index contributed by atoms with van der Waals surface area (Å²) in [7, 11) is -3.14. The van der Waals surface area contributed by atoms with E-state index in [0.717, 1.165) is 23.1 Å². The van der Waals surface area contributed by atoms with E-state index in [9.17, 15) is 8.42 Å². The van der Waals surface area contributed by atoms with Crippen LogP contribution in [0, 0.1) is 0 Å². The van der Waals surface area contributed by atoms with Gasteiger partial charge >= 0.3 is 0 Å². The molecule has 8 heteroatoms. The summed E-state index contributed by atoms with van der Waals surface area (Å²) >= 11 is 6.24. The van der Waals surface area contributed by atoms with Gasteiger partial charge in [0.1, 0.15) is 5.65 Å². The molecule has 120 valence electrons. The molecule has 0 unspecified atom stereocenters. The quantitative estimate of drug-likeness (QED) is 0.874. The Kier molecular flexibility index (Phi) is 4.29. The summed E-state index contributed by atoms with van der Waals surface area (Å²) in [4.78, 5) is 7.27. The average Bonchev–Trinajstić information content (AvgIpc) is 3.11. The summed E-state index contributed by atoms with van der Waals surface area (Å²) < 4.78 is 25.8. The Labute approximate surface area is 134 Å². The monoisotopic (exact) mass is 342 g/mol. The molecule has 2 aromatic rings. The molecule has 1 aliphatic heterocycles. The molecule has 1 atom stereocenters. The fraction of sp³-hybridized carbons (Fsp3) is 0.500. The van der Waals surface area contributed by atoms with Gasteiger partial charge in [-0.3, -0.25) is 0 Å². The number of halogens is 1. The third-order valence-electron chi connectivity index (χ3n) is 3.90. The minimum absolute atomic E-state index is 0.0598. The van der Waals surface area contributed by atoms with Crippen molar-refractivity contribution in [2.75, 3.05) is 24.2 Å². The van der Waals surface area contributed by atoms with Gasteiger partial charge in [-0.05, 0) is 18.9 Å². The first kappa shape index (κ1) is 15.6. The fourth-order valence-corrected chi connectivity index (χ4v) is 4.59. The van der Waals surface area contributed by atoms with Gasteiger partial charge in [0.05, 0.1) is 22.7 Å². The van der Waals surface area contributed by atoms with Gasteiger partial charge in [-0.2, -0.15) is 4.31 Å². The Hall–Kier alpha value is -1.31. The van der Waals surface area contributed by atoms with E-state index < -0.39 is 10.0 Å². The fourth-order valence-electron chi connectivity index (χ4n) is 2.82. The van der Waals surface area contributed by atoms with Gasteiger partial charge in [-0.25, -0.2) is 13.4 Å². The van der Waals surface area contributed by atoms with Crippen LogP contribution in [-0.2, 0) is 10.0 Å². The number of H-pyrrole nitrogens is 1. The van der Waals surface area contributed by atoms with Crippen molar-refractivity contribution < 1.29 is 8.42 Å². The number of hydrogen-bond acceptors (Lipinski definition) is 4. The summed E-state index contributed by atoms with van der Waals surface area (Å²) in [5, 5.41) is 4.85. The highest BCUT2D eigenvalue weighted by Gasteiger charge is 2.31. The van der Waals surface area contributed by atoms with E-state index in [4.69, 9.17) is 11.6 Å². The lowest BCUT2D eigenvalue weighted by molar-refractivity contribution is 0.474.